The quantitative estimate of drug-likeness (QED) is 0.757. The van der Waals surface area contributed by atoms with Gasteiger partial charge in [-0.3, -0.25) is 4.68 Å². The van der Waals surface area contributed by atoms with Crippen LogP contribution in [0.15, 0.2) is 42.9 Å². The van der Waals surface area contributed by atoms with E-state index in [4.69, 9.17) is 5.73 Å². The normalized spacial score (nSPS) is 13.0. The Hall–Kier alpha value is -2.14. The van der Waals surface area contributed by atoms with Gasteiger partial charge in [-0.1, -0.05) is 6.07 Å². The molecule has 0 saturated carbocycles. The van der Waals surface area contributed by atoms with E-state index in [1.807, 2.05) is 45.9 Å². The molecule has 0 spiro atoms. The van der Waals surface area contributed by atoms with Crippen molar-refractivity contribution < 1.29 is 0 Å². The zero-order valence-electron chi connectivity index (χ0n) is 10.2. The monoisotopic (exact) mass is 241 g/mol. The molecule has 2 N–H and O–H groups in total. The minimum absolute atomic E-state index is 0.202. The Bertz CT molecular complexity index is 667. The summed E-state index contributed by atoms with van der Waals surface area (Å²) in [5, 5.41) is 8.57. The minimum atomic E-state index is -0.202. The third-order valence-electron chi connectivity index (χ3n) is 3.16. The van der Waals surface area contributed by atoms with Crippen LogP contribution in [0.3, 0.4) is 0 Å². The molecule has 3 aromatic heterocycles. The van der Waals surface area contributed by atoms with Gasteiger partial charge < -0.3 is 5.73 Å². The van der Waals surface area contributed by atoms with Crippen molar-refractivity contribution in [2.75, 3.05) is 0 Å². The summed E-state index contributed by atoms with van der Waals surface area (Å²) < 4.78 is 3.75. The van der Waals surface area contributed by atoms with E-state index in [1.165, 1.54) is 0 Å². The molecule has 3 aromatic rings. The van der Waals surface area contributed by atoms with Crippen molar-refractivity contribution in [3.63, 3.8) is 0 Å². The molecule has 0 aliphatic heterocycles. The van der Waals surface area contributed by atoms with Crippen LogP contribution in [0, 0.1) is 0 Å². The molecule has 0 fully saturated rings. The molecule has 5 nitrogen and oxygen atoms in total. The van der Waals surface area contributed by atoms with Gasteiger partial charge in [0, 0.05) is 24.5 Å². The lowest BCUT2D eigenvalue weighted by atomic mass is 10.1. The predicted molar refractivity (Wildman–Crippen MR) is 69.1 cm³/mol. The van der Waals surface area contributed by atoms with Gasteiger partial charge in [0.05, 0.1) is 23.4 Å². The molecule has 5 heteroatoms. The molecule has 3 rings (SSSR count). The molecule has 92 valence electrons. The molecule has 0 bridgehead atoms. The number of nitrogens with two attached hydrogens (primary N) is 1. The highest BCUT2D eigenvalue weighted by molar-refractivity contribution is 5.56. The van der Waals surface area contributed by atoms with Gasteiger partial charge in [0.25, 0.3) is 0 Å². The smallest absolute Gasteiger partial charge is 0.0760 e. The highest BCUT2D eigenvalue weighted by atomic mass is 15.3. The third-order valence-corrected chi connectivity index (χ3v) is 3.16. The summed E-state index contributed by atoms with van der Waals surface area (Å²) in [6.45, 7) is 2.87. The number of nitrogens with zero attached hydrogens (tertiary/aromatic N) is 4. The summed E-state index contributed by atoms with van der Waals surface area (Å²) in [6, 6.07) is 7.72. The second kappa shape index (κ2) is 4.27. The van der Waals surface area contributed by atoms with Gasteiger partial charge >= 0.3 is 0 Å². The maximum Gasteiger partial charge on any atom is 0.0760 e. The van der Waals surface area contributed by atoms with E-state index in [0.29, 0.717) is 0 Å². The number of hydrogen-bond donors (Lipinski definition) is 1. The van der Waals surface area contributed by atoms with Crippen LogP contribution in [0.1, 0.15) is 24.2 Å². The SMILES string of the molecule is CCn1nccc1C(N)c1cnn2ccccc12. The Balaban J connectivity index is 2.09. The molecule has 0 saturated heterocycles. The van der Waals surface area contributed by atoms with Gasteiger partial charge in [0.15, 0.2) is 0 Å². The predicted octanol–water partition coefficient (Wildman–Crippen LogP) is 1.60. The van der Waals surface area contributed by atoms with Crippen molar-refractivity contribution >= 4 is 5.52 Å². The van der Waals surface area contributed by atoms with Crippen LogP contribution in [0.2, 0.25) is 0 Å². The standard InChI is InChI=1S/C13H15N5/c1-2-17-12(6-7-15-17)13(14)10-9-16-18-8-4-3-5-11(10)18/h3-9,13H,2,14H2,1H3. The van der Waals surface area contributed by atoms with Crippen molar-refractivity contribution in [3.8, 4) is 0 Å². The highest BCUT2D eigenvalue weighted by Gasteiger charge is 2.17. The number of hydrogen-bond acceptors (Lipinski definition) is 3. The maximum atomic E-state index is 6.33. The molecule has 0 aliphatic rings. The van der Waals surface area contributed by atoms with Crippen molar-refractivity contribution in [1.82, 2.24) is 19.4 Å². The van der Waals surface area contributed by atoms with Crippen molar-refractivity contribution in [1.29, 1.82) is 0 Å². The van der Waals surface area contributed by atoms with Gasteiger partial charge in [0.2, 0.25) is 0 Å². The van der Waals surface area contributed by atoms with Gasteiger partial charge in [-0.15, -0.1) is 0 Å². The summed E-state index contributed by atoms with van der Waals surface area (Å²) in [7, 11) is 0. The van der Waals surface area contributed by atoms with Crippen LogP contribution in [-0.2, 0) is 6.54 Å². The topological polar surface area (TPSA) is 61.1 Å². The fourth-order valence-electron chi connectivity index (χ4n) is 2.22. The zero-order valence-corrected chi connectivity index (χ0v) is 10.2. The number of pyridine rings is 1. The van der Waals surface area contributed by atoms with E-state index >= 15 is 0 Å². The Morgan fingerprint density at radius 2 is 2.17 bits per heavy atom. The minimum Gasteiger partial charge on any atom is -0.319 e. The van der Waals surface area contributed by atoms with E-state index in [-0.39, 0.29) is 6.04 Å². The Morgan fingerprint density at radius 3 is 3.00 bits per heavy atom. The van der Waals surface area contributed by atoms with Gasteiger partial charge in [-0.25, -0.2) is 4.52 Å². The second-order valence-electron chi connectivity index (χ2n) is 4.18. The van der Waals surface area contributed by atoms with Crippen LogP contribution in [0.4, 0.5) is 0 Å². The van der Waals surface area contributed by atoms with E-state index < -0.39 is 0 Å². The molecule has 1 unspecified atom stereocenters. The molecular formula is C13H15N5. The fourth-order valence-corrected chi connectivity index (χ4v) is 2.22. The van der Waals surface area contributed by atoms with Crippen LogP contribution in [0.5, 0.6) is 0 Å². The number of aryl methyl sites for hydroxylation is 1. The van der Waals surface area contributed by atoms with Crippen LogP contribution in [0.25, 0.3) is 5.52 Å². The number of rotatable bonds is 3. The first-order valence-corrected chi connectivity index (χ1v) is 6.01. The number of fused-ring (bicyclic) bond motifs is 1. The van der Waals surface area contributed by atoms with E-state index in [2.05, 4.69) is 17.1 Å². The molecule has 0 aromatic carbocycles. The van der Waals surface area contributed by atoms with E-state index in [9.17, 15) is 0 Å². The largest absolute Gasteiger partial charge is 0.319 e. The molecular weight excluding hydrogens is 226 g/mol. The molecule has 18 heavy (non-hydrogen) atoms. The zero-order chi connectivity index (χ0) is 12.5. The van der Waals surface area contributed by atoms with Crippen molar-refractivity contribution in [2.45, 2.75) is 19.5 Å². The van der Waals surface area contributed by atoms with Gasteiger partial charge in [-0.05, 0) is 25.1 Å². The summed E-state index contributed by atoms with van der Waals surface area (Å²) in [4.78, 5) is 0. The summed E-state index contributed by atoms with van der Waals surface area (Å²) in [5.74, 6) is 0. The third kappa shape index (κ3) is 1.60. The lowest BCUT2D eigenvalue weighted by molar-refractivity contribution is 0.602. The first-order chi connectivity index (χ1) is 8.81. The second-order valence-corrected chi connectivity index (χ2v) is 4.18. The first-order valence-electron chi connectivity index (χ1n) is 6.01. The summed E-state index contributed by atoms with van der Waals surface area (Å²) >= 11 is 0. The fraction of sp³-hybridized carbons (Fsp3) is 0.231. The summed E-state index contributed by atoms with van der Waals surface area (Å²) in [6.07, 6.45) is 5.53. The maximum absolute atomic E-state index is 6.33. The average Bonchev–Trinajstić information content (AvgIpc) is 3.04. The molecule has 0 radical (unpaired) electrons. The lowest BCUT2D eigenvalue weighted by Gasteiger charge is -2.12. The van der Waals surface area contributed by atoms with Crippen LogP contribution < -0.4 is 5.73 Å². The molecule has 1 atom stereocenters. The number of aromatic nitrogens is 4. The summed E-state index contributed by atoms with van der Waals surface area (Å²) in [5.41, 5.74) is 9.40. The lowest BCUT2D eigenvalue weighted by Crippen LogP contribution is -2.16. The van der Waals surface area contributed by atoms with Gasteiger partial charge in [-0.2, -0.15) is 10.2 Å². The van der Waals surface area contributed by atoms with E-state index in [0.717, 1.165) is 23.3 Å². The van der Waals surface area contributed by atoms with E-state index in [1.54, 1.807) is 6.20 Å². The Morgan fingerprint density at radius 1 is 1.28 bits per heavy atom. The Labute approximate surface area is 105 Å². The van der Waals surface area contributed by atoms with Crippen molar-refractivity contribution in [2.24, 2.45) is 5.73 Å². The highest BCUT2D eigenvalue weighted by Crippen LogP contribution is 2.23. The molecule has 3 heterocycles. The Kier molecular flexibility index (Phi) is 2.60. The molecule has 0 amide bonds. The van der Waals surface area contributed by atoms with Crippen molar-refractivity contribution in [3.05, 3.63) is 54.1 Å². The first kappa shape index (κ1) is 11.0. The van der Waals surface area contributed by atoms with Gasteiger partial charge in [0.1, 0.15) is 0 Å². The average molecular weight is 241 g/mol. The molecule has 0 aliphatic carbocycles. The van der Waals surface area contributed by atoms with Crippen LogP contribution >= 0.6 is 0 Å². The van der Waals surface area contributed by atoms with Crippen LogP contribution in [-0.4, -0.2) is 19.4 Å².